The van der Waals surface area contributed by atoms with Crippen molar-refractivity contribution in [2.75, 3.05) is 14.1 Å². The van der Waals surface area contributed by atoms with Crippen molar-refractivity contribution in [1.82, 2.24) is 4.90 Å². The maximum Gasteiger partial charge on any atom is 0.255 e. The zero-order chi connectivity index (χ0) is 33.8. The fourth-order valence-corrected chi connectivity index (χ4v) is 7.80. The average molecular weight is 657 g/mol. The molecule has 4 atom stereocenters. The Balaban J connectivity index is 1.31. The molecule has 3 aromatic carbocycles. The largest absolute Gasteiger partial charge is 0.508 e. The summed E-state index contributed by atoms with van der Waals surface area (Å²) in [5.41, 5.74) is 6.51. The summed E-state index contributed by atoms with van der Waals surface area (Å²) < 4.78 is 0. The number of carbonyl (C=O) groups excluding carboxylic acids is 3. The SMILES string of the molecule is CN(C)C1C(=O)C(C(N)=O)=C(O)[C@@]2(O)C(=O)C3=C(O)c4c(O)ccc(-c5ccc(CCCCc6ccc(Cl)cc6)cc5)c4C[C@H]3C[C@@H]12. The number of nitrogens with zero attached hydrogens (tertiary/aromatic N) is 1. The summed E-state index contributed by atoms with van der Waals surface area (Å²) in [5.74, 6) is -6.68. The number of phenolic OH excluding ortho intramolecular Hbond substituents is 1. The topological polar surface area (TPSA) is 161 Å². The number of Topliss-reactive ketones (excluding diaryl/α,β-unsaturated/α-hetero) is 2. The number of nitrogens with two attached hydrogens (primary N) is 1. The number of benzene rings is 3. The molecule has 3 aliphatic carbocycles. The van der Waals surface area contributed by atoms with Gasteiger partial charge in [-0.25, -0.2) is 0 Å². The number of rotatable bonds is 8. The number of primary amides is 1. The van der Waals surface area contributed by atoms with Crippen LogP contribution in [0.15, 0.2) is 77.6 Å². The van der Waals surface area contributed by atoms with Crippen molar-refractivity contribution in [1.29, 1.82) is 0 Å². The number of aliphatic hydroxyl groups is 3. The smallest absolute Gasteiger partial charge is 0.255 e. The Labute approximate surface area is 277 Å². The van der Waals surface area contributed by atoms with Gasteiger partial charge in [0.1, 0.15) is 22.8 Å². The number of amides is 1. The number of hydrogen-bond acceptors (Lipinski definition) is 8. The zero-order valence-corrected chi connectivity index (χ0v) is 26.9. The standard InChI is InChI=1S/C37H37ClN2O7/c1-40(2)31-26-18-22-17-25-24(21-11-7-19(8-12-21)5-3-4-6-20-9-13-23(38)14-10-20)15-16-27(41)29(25)32(42)28(22)34(44)37(26,47)35(45)30(33(31)43)36(39)46/h7-16,22,26,31,41-42,45,47H,3-6,17-18H2,1-2H3,(H2,39,46)/t22-,26-,31?,37-/m0/s1. The third-order valence-corrected chi connectivity index (χ3v) is 10.2. The molecule has 6 rings (SSSR count). The molecule has 3 aliphatic rings. The summed E-state index contributed by atoms with van der Waals surface area (Å²) in [6.07, 6.45) is 4.20. The van der Waals surface area contributed by atoms with Gasteiger partial charge in [0.2, 0.25) is 5.78 Å². The van der Waals surface area contributed by atoms with E-state index < -0.39 is 58.0 Å². The third kappa shape index (κ3) is 5.42. The molecule has 1 fully saturated rings. The number of fused-ring (bicyclic) bond motifs is 3. The van der Waals surface area contributed by atoms with Crippen LogP contribution in [0.4, 0.5) is 0 Å². The average Bonchev–Trinajstić information content (AvgIpc) is 3.02. The minimum atomic E-state index is -2.66. The Morgan fingerprint density at radius 1 is 0.936 bits per heavy atom. The van der Waals surface area contributed by atoms with E-state index in [0.717, 1.165) is 41.8 Å². The molecule has 3 aromatic rings. The van der Waals surface area contributed by atoms with Crippen LogP contribution in [-0.4, -0.2) is 68.5 Å². The van der Waals surface area contributed by atoms with E-state index in [1.807, 2.05) is 36.4 Å². The van der Waals surface area contributed by atoms with Crippen molar-refractivity contribution in [2.24, 2.45) is 17.6 Å². The van der Waals surface area contributed by atoms with Crippen molar-refractivity contribution in [2.45, 2.75) is 50.2 Å². The Bertz CT molecular complexity index is 1850. The maximum absolute atomic E-state index is 14.1. The Morgan fingerprint density at radius 2 is 1.53 bits per heavy atom. The van der Waals surface area contributed by atoms with Crippen molar-refractivity contribution in [3.8, 4) is 16.9 Å². The number of carbonyl (C=O) groups is 3. The van der Waals surface area contributed by atoms with E-state index in [0.29, 0.717) is 5.56 Å². The number of phenols is 1. The number of aliphatic hydroxyl groups excluding tert-OH is 2. The molecule has 0 aliphatic heterocycles. The molecule has 47 heavy (non-hydrogen) atoms. The summed E-state index contributed by atoms with van der Waals surface area (Å²) in [5, 5.41) is 46.0. The summed E-state index contributed by atoms with van der Waals surface area (Å²) in [6.45, 7) is 0. The number of halogens is 1. The first-order valence-corrected chi connectivity index (χ1v) is 16.1. The van der Waals surface area contributed by atoms with E-state index >= 15 is 0 Å². The van der Waals surface area contributed by atoms with Crippen molar-refractivity contribution >= 4 is 34.8 Å². The molecule has 0 radical (unpaired) electrons. The van der Waals surface area contributed by atoms with Crippen molar-refractivity contribution in [3.63, 3.8) is 0 Å². The van der Waals surface area contributed by atoms with Crippen molar-refractivity contribution < 1.29 is 34.8 Å². The molecule has 1 amide bonds. The molecule has 244 valence electrons. The van der Waals surface area contributed by atoms with Crippen LogP contribution < -0.4 is 5.73 Å². The van der Waals surface area contributed by atoms with E-state index in [4.69, 9.17) is 17.3 Å². The number of likely N-dealkylation sites (N-methyl/N-ethyl adjacent to an activating group) is 1. The molecule has 0 bridgehead atoms. The molecule has 9 nitrogen and oxygen atoms in total. The Hall–Kier alpha value is -4.44. The molecule has 1 unspecified atom stereocenters. The first-order chi connectivity index (χ1) is 22.3. The highest BCUT2D eigenvalue weighted by atomic mass is 35.5. The Morgan fingerprint density at radius 3 is 2.11 bits per heavy atom. The van der Waals surface area contributed by atoms with Gasteiger partial charge in [0.25, 0.3) is 5.91 Å². The molecule has 0 aromatic heterocycles. The molecule has 10 heteroatoms. The van der Waals surface area contributed by atoms with E-state index in [-0.39, 0.29) is 29.7 Å². The predicted octanol–water partition coefficient (Wildman–Crippen LogP) is 4.85. The van der Waals surface area contributed by atoms with E-state index in [1.165, 1.54) is 22.1 Å². The second-order valence-electron chi connectivity index (χ2n) is 13.0. The predicted molar refractivity (Wildman–Crippen MR) is 178 cm³/mol. The maximum atomic E-state index is 14.1. The van der Waals surface area contributed by atoms with Gasteiger partial charge in [0.15, 0.2) is 11.4 Å². The highest BCUT2D eigenvalue weighted by Crippen LogP contribution is 2.53. The van der Waals surface area contributed by atoms with E-state index in [1.54, 1.807) is 20.2 Å². The van der Waals surface area contributed by atoms with Crippen LogP contribution in [0.25, 0.3) is 16.9 Å². The number of ketones is 2. The van der Waals surface area contributed by atoms with E-state index in [2.05, 4.69) is 12.1 Å². The molecular formula is C37H37ClN2O7. The lowest BCUT2D eigenvalue weighted by Gasteiger charge is -2.50. The van der Waals surface area contributed by atoms with E-state index in [9.17, 15) is 34.8 Å². The lowest BCUT2D eigenvalue weighted by atomic mass is 9.57. The van der Waals surface area contributed by atoms with Crippen LogP contribution in [0.5, 0.6) is 5.75 Å². The third-order valence-electron chi connectivity index (χ3n) is 9.96. The molecule has 0 saturated heterocycles. The molecule has 0 spiro atoms. The van der Waals surface area contributed by atoms with Crippen LogP contribution >= 0.6 is 11.6 Å². The number of aryl methyl sites for hydroxylation is 2. The van der Waals surface area contributed by atoms with Gasteiger partial charge in [-0.15, -0.1) is 0 Å². The van der Waals surface area contributed by atoms with Crippen LogP contribution in [-0.2, 0) is 33.6 Å². The number of unbranched alkanes of at least 4 members (excludes halogenated alkanes) is 1. The lowest BCUT2D eigenvalue weighted by molar-refractivity contribution is -0.153. The second-order valence-corrected chi connectivity index (χ2v) is 13.4. The highest BCUT2D eigenvalue weighted by molar-refractivity contribution is 6.30. The zero-order valence-electron chi connectivity index (χ0n) is 26.2. The van der Waals surface area contributed by atoms with Gasteiger partial charge in [0, 0.05) is 16.5 Å². The molecule has 1 saturated carbocycles. The van der Waals surface area contributed by atoms with Gasteiger partial charge < -0.3 is 26.2 Å². The summed E-state index contributed by atoms with van der Waals surface area (Å²) >= 11 is 5.98. The van der Waals surface area contributed by atoms with Gasteiger partial charge in [-0.05, 0) is 105 Å². The fourth-order valence-electron chi connectivity index (χ4n) is 7.67. The van der Waals surface area contributed by atoms with Gasteiger partial charge in [0.05, 0.1) is 11.6 Å². The Kier molecular flexibility index (Phi) is 8.50. The summed E-state index contributed by atoms with van der Waals surface area (Å²) in [7, 11) is 3.15. The lowest BCUT2D eigenvalue weighted by Crippen LogP contribution is -2.65. The monoisotopic (exact) mass is 656 g/mol. The quantitative estimate of drug-likeness (QED) is 0.170. The van der Waals surface area contributed by atoms with Gasteiger partial charge in [-0.2, -0.15) is 0 Å². The van der Waals surface area contributed by atoms with Gasteiger partial charge in [-0.1, -0.05) is 54.1 Å². The van der Waals surface area contributed by atoms with Crippen LogP contribution in [0.2, 0.25) is 5.02 Å². The second kappa shape index (κ2) is 12.3. The highest BCUT2D eigenvalue weighted by Gasteiger charge is 2.64. The van der Waals surface area contributed by atoms with Crippen LogP contribution in [0.3, 0.4) is 0 Å². The van der Waals surface area contributed by atoms with Crippen molar-refractivity contribution in [3.05, 3.63) is 105 Å². The van der Waals surface area contributed by atoms with Gasteiger partial charge >= 0.3 is 0 Å². The van der Waals surface area contributed by atoms with Crippen LogP contribution in [0.1, 0.15) is 41.5 Å². The fraction of sp³-hybridized carbons (Fsp3) is 0.324. The number of hydrogen-bond donors (Lipinski definition) is 5. The first kappa shape index (κ1) is 32.5. The minimum Gasteiger partial charge on any atom is -0.508 e. The summed E-state index contributed by atoms with van der Waals surface area (Å²) in [4.78, 5) is 41.1. The summed E-state index contributed by atoms with van der Waals surface area (Å²) in [6, 6.07) is 18.1. The molecular weight excluding hydrogens is 620 g/mol. The molecule has 0 heterocycles. The first-order valence-electron chi connectivity index (χ1n) is 15.7. The molecule has 6 N–H and O–H groups in total. The minimum absolute atomic E-state index is 0.0375. The normalized spacial score (nSPS) is 23.9. The van der Waals surface area contributed by atoms with Gasteiger partial charge in [-0.3, -0.25) is 19.3 Å². The van der Waals surface area contributed by atoms with Crippen LogP contribution in [0, 0.1) is 11.8 Å². The number of aromatic hydroxyl groups is 1.